The van der Waals surface area contributed by atoms with Gasteiger partial charge in [-0.3, -0.25) is 4.79 Å². The summed E-state index contributed by atoms with van der Waals surface area (Å²) in [6.07, 6.45) is 1.72. The highest BCUT2D eigenvalue weighted by atomic mass is 32.2. The number of nitrogens with one attached hydrogen (secondary N) is 1. The number of carbonyl (C=O) groups is 1. The minimum absolute atomic E-state index is 0.0742. The number of aromatic nitrogens is 2. The summed E-state index contributed by atoms with van der Waals surface area (Å²) in [5.74, 6) is 0.197. The highest BCUT2D eigenvalue weighted by Gasteiger charge is 2.07. The van der Waals surface area contributed by atoms with Crippen LogP contribution >= 0.6 is 11.8 Å². The van der Waals surface area contributed by atoms with Crippen molar-refractivity contribution in [2.75, 3.05) is 11.1 Å². The van der Waals surface area contributed by atoms with Crippen molar-refractivity contribution in [3.8, 4) is 11.3 Å². The predicted octanol–water partition coefficient (Wildman–Crippen LogP) is 3.87. The maximum atomic E-state index is 12.0. The Labute approximate surface area is 139 Å². The number of amides is 1. The second kappa shape index (κ2) is 7.56. The molecule has 0 aliphatic carbocycles. The quantitative estimate of drug-likeness (QED) is 0.572. The maximum Gasteiger partial charge on any atom is 0.234 e. The molecule has 0 fully saturated rings. The fourth-order valence-electron chi connectivity index (χ4n) is 2.03. The molecule has 0 saturated carbocycles. The maximum absolute atomic E-state index is 12.0. The minimum Gasteiger partial charge on any atom is -0.325 e. The number of nitrogens with zero attached hydrogens (tertiary/aromatic N) is 2. The van der Waals surface area contributed by atoms with Crippen LogP contribution in [0.25, 0.3) is 11.3 Å². The Kier molecular flexibility index (Phi) is 5.01. The van der Waals surface area contributed by atoms with E-state index >= 15 is 0 Å². The first kappa shape index (κ1) is 15.2. The molecule has 3 aromatic rings. The number of para-hydroxylation sites is 1. The lowest BCUT2D eigenvalue weighted by Crippen LogP contribution is -2.14. The molecule has 0 aliphatic rings. The average Bonchev–Trinajstić information content (AvgIpc) is 2.62. The van der Waals surface area contributed by atoms with Crippen molar-refractivity contribution in [3.63, 3.8) is 0 Å². The van der Waals surface area contributed by atoms with Gasteiger partial charge in [-0.25, -0.2) is 9.97 Å². The van der Waals surface area contributed by atoms with Gasteiger partial charge in [-0.2, -0.15) is 0 Å². The van der Waals surface area contributed by atoms with Crippen LogP contribution < -0.4 is 5.32 Å². The zero-order chi connectivity index (χ0) is 15.9. The Morgan fingerprint density at radius 2 is 1.65 bits per heavy atom. The summed E-state index contributed by atoms with van der Waals surface area (Å²) < 4.78 is 0. The molecule has 1 aromatic heterocycles. The molecular formula is C18H15N3OS. The first-order valence-corrected chi connectivity index (χ1v) is 8.16. The van der Waals surface area contributed by atoms with E-state index in [1.165, 1.54) is 11.8 Å². The van der Waals surface area contributed by atoms with Gasteiger partial charge in [-0.15, -0.1) is 0 Å². The minimum atomic E-state index is -0.0742. The van der Waals surface area contributed by atoms with Crippen LogP contribution in [0.2, 0.25) is 0 Å². The second-order valence-electron chi connectivity index (χ2n) is 4.79. The summed E-state index contributed by atoms with van der Waals surface area (Å²) in [5.41, 5.74) is 2.68. The molecule has 1 heterocycles. The van der Waals surface area contributed by atoms with Crippen LogP contribution in [-0.4, -0.2) is 21.6 Å². The van der Waals surface area contributed by atoms with Gasteiger partial charge < -0.3 is 5.32 Å². The van der Waals surface area contributed by atoms with Gasteiger partial charge in [-0.1, -0.05) is 60.3 Å². The molecule has 4 nitrogen and oxygen atoms in total. The van der Waals surface area contributed by atoms with Gasteiger partial charge in [0.2, 0.25) is 5.91 Å². The zero-order valence-corrected chi connectivity index (χ0v) is 13.2. The average molecular weight is 321 g/mol. The van der Waals surface area contributed by atoms with Gasteiger partial charge in [-0.05, 0) is 18.2 Å². The summed E-state index contributed by atoms with van der Waals surface area (Å²) in [6, 6.07) is 21.2. The number of anilines is 1. The van der Waals surface area contributed by atoms with Crippen LogP contribution in [0, 0.1) is 0 Å². The molecule has 0 radical (unpaired) electrons. The molecular weight excluding hydrogens is 306 g/mol. The van der Waals surface area contributed by atoms with Gasteiger partial charge in [0.15, 0.2) is 5.16 Å². The van der Waals surface area contributed by atoms with Crippen molar-refractivity contribution in [3.05, 3.63) is 72.9 Å². The van der Waals surface area contributed by atoms with Crippen LogP contribution in [0.5, 0.6) is 0 Å². The summed E-state index contributed by atoms with van der Waals surface area (Å²) in [7, 11) is 0. The lowest BCUT2D eigenvalue weighted by molar-refractivity contribution is -0.113. The molecule has 0 atom stereocenters. The third-order valence-corrected chi connectivity index (χ3v) is 3.95. The van der Waals surface area contributed by atoms with Crippen molar-refractivity contribution >= 4 is 23.4 Å². The number of hydrogen-bond acceptors (Lipinski definition) is 4. The molecule has 2 aromatic carbocycles. The van der Waals surface area contributed by atoms with E-state index in [1.807, 2.05) is 66.7 Å². The van der Waals surface area contributed by atoms with Gasteiger partial charge >= 0.3 is 0 Å². The first-order valence-electron chi connectivity index (χ1n) is 7.17. The van der Waals surface area contributed by atoms with Crippen LogP contribution in [0.4, 0.5) is 5.69 Å². The summed E-state index contributed by atoms with van der Waals surface area (Å²) >= 11 is 1.32. The Morgan fingerprint density at radius 1 is 0.957 bits per heavy atom. The van der Waals surface area contributed by atoms with Crippen LogP contribution in [-0.2, 0) is 4.79 Å². The topological polar surface area (TPSA) is 54.9 Å². The van der Waals surface area contributed by atoms with Crippen LogP contribution in [0.15, 0.2) is 78.1 Å². The highest BCUT2D eigenvalue weighted by Crippen LogP contribution is 2.20. The van der Waals surface area contributed by atoms with E-state index < -0.39 is 0 Å². The molecule has 114 valence electrons. The normalized spacial score (nSPS) is 10.3. The molecule has 3 rings (SSSR count). The number of carbonyl (C=O) groups excluding carboxylic acids is 1. The standard InChI is InChI=1S/C18H15N3OS/c22-17(20-15-9-5-2-6-10-15)13-23-18-19-12-11-16(21-18)14-7-3-1-4-8-14/h1-12H,13H2,(H,20,22). The smallest absolute Gasteiger partial charge is 0.234 e. The zero-order valence-electron chi connectivity index (χ0n) is 12.3. The van der Waals surface area contributed by atoms with E-state index in [0.717, 1.165) is 16.9 Å². The highest BCUT2D eigenvalue weighted by molar-refractivity contribution is 7.99. The van der Waals surface area contributed by atoms with Gasteiger partial charge in [0, 0.05) is 17.4 Å². The molecule has 5 heteroatoms. The molecule has 0 saturated heterocycles. The molecule has 1 N–H and O–H groups in total. The molecule has 0 aliphatic heterocycles. The molecule has 0 unspecified atom stereocenters. The number of hydrogen-bond donors (Lipinski definition) is 1. The van der Waals surface area contributed by atoms with Gasteiger partial charge in [0.25, 0.3) is 0 Å². The fourth-order valence-corrected chi connectivity index (χ4v) is 2.66. The summed E-state index contributed by atoms with van der Waals surface area (Å²) in [6.45, 7) is 0. The fraction of sp³-hybridized carbons (Fsp3) is 0.0556. The Bertz CT molecular complexity index is 779. The van der Waals surface area contributed by atoms with E-state index in [0.29, 0.717) is 5.16 Å². The number of thioether (sulfide) groups is 1. The van der Waals surface area contributed by atoms with Crippen LogP contribution in [0.1, 0.15) is 0 Å². The third kappa shape index (κ3) is 4.40. The van der Waals surface area contributed by atoms with Gasteiger partial charge in [0.05, 0.1) is 11.4 Å². The lowest BCUT2D eigenvalue weighted by atomic mass is 10.1. The molecule has 0 spiro atoms. The molecule has 1 amide bonds. The van der Waals surface area contributed by atoms with E-state index in [1.54, 1.807) is 6.20 Å². The van der Waals surface area contributed by atoms with Crippen LogP contribution in [0.3, 0.4) is 0 Å². The second-order valence-corrected chi connectivity index (χ2v) is 5.74. The largest absolute Gasteiger partial charge is 0.325 e. The van der Waals surface area contributed by atoms with Crippen molar-refractivity contribution in [2.45, 2.75) is 5.16 Å². The Hall–Kier alpha value is -2.66. The monoisotopic (exact) mass is 321 g/mol. The Balaban J connectivity index is 1.61. The van der Waals surface area contributed by atoms with Crippen molar-refractivity contribution in [2.24, 2.45) is 0 Å². The molecule has 0 bridgehead atoms. The van der Waals surface area contributed by atoms with Gasteiger partial charge in [0.1, 0.15) is 0 Å². The van der Waals surface area contributed by atoms with E-state index in [2.05, 4.69) is 15.3 Å². The third-order valence-electron chi connectivity index (χ3n) is 3.09. The first-order chi connectivity index (χ1) is 11.3. The lowest BCUT2D eigenvalue weighted by Gasteiger charge is -2.05. The van der Waals surface area contributed by atoms with E-state index in [-0.39, 0.29) is 11.7 Å². The van der Waals surface area contributed by atoms with Crippen molar-refractivity contribution in [1.29, 1.82) is 0 Å². The summed E-state index contributed by atoms with van der Waals surface area (Å²) in [5, 5.41) is 3.44. The van der Waals surface area contributed by atoms with Crippen molar-refractivity contribution in [1.82, 2.24) is 9.97 Å². The number of benzene rings is 2. The van der Waals surface area contributed by atoms with Crippen molar-refractivity contribution < 1.29 is 4.79 Å². The van der Waals surface area contributed by atoms with E-state index in [4.69, 9.17) is 0 Å². The predicted molar refractivity (Wildman–Crippen MR) is 93.3 cm³/mol. The molecule has 23 heavy (non-hydrogen) atoms. The van der Waals surface area contributed by atoms with E-state index in [9.17, 15) is 4.79 Å². The Morgan fingerprint density at radius 3 is 2.39 bits per heavy atom. The number of rotatable bonds is 5. The summed E-state index contributed by atoms with van der Waals surface area (Å²) in [4.78, 5) is 20.7. The SMILES string of the molecule is O=C(CSc1nccc(-c2ccccc2)n1)Nc1ccccc1.